The van der Waals surface area contributed by atoms with Gasteiger partial charge in [-0.15, -0.1) is 0 Å². The van der Waals surface area contributed by atoms with Crippen LogP contribution in [0.1, 0.15) is 19.3 Å². The topological polar surface area (TPSA) is 84.7 Å². The lowest BCUT2D eigenvalue weighted by Crippen LogP contribution is -2.56. The van der Waals surface area contributed by atoms with Gasteiger partial charge in [-0.1, -0.05) is 0 Å². The largest absolute Gasteiger partial charge is 0.338 e. The van der Waals surface area contributed by atoms with E-state index in [1.165, 1.54) is 4.31 Å². The summed E-state index contributed by atoms with van der Waals surface area (Å²) in [5.41, 5.74) is 0. The second-order valence-corrected chi connectivity index (χ2v) is 8.05. The molecule has 7 nitrogen and oxygen atoms in total. The van der Waals surface area contributed by atoms with Gasteiger partial charge < -0.3 is 4.90 Å². The molecule has 3 aliphatic rings. The van der Waals surface area contributed by atoms with Crippen LogP contribution in [0.3, 0.4) is 0 Å². The fourth-order valence-corrected chi connectivity index (χ4v) is 4.57. The SMILES string of the molecule is N#CC1CN(C(=O)CN2CCCS2(=O)=O)CCN1C1CC1. The first kappa shape index (κ1) is 14.8. The molecule has 3 rings (SSSR count). The van der Waals surface area contributed by atoms with Gasteiger partial charge in [0.2, 0.25) is 15.9 Å². The van der Waals surface area contributed by atoms with Gasteiger partial charge in [-0.2, -0.15) is 9.57 Å². The third-order valence-electron chi connectivity index (χ3n) is 4.45. The second kappa shape index (κ2) is 5.55. The standard InChI is InChI=1S/C13H20N4O3S/c14-8-12-9-15(5-6-17(12)11-2-3-11)13(18)10-16-4-1-7-21(16,19)20/h11-12H,1-7,9-10H2. The molecule has 0 aromatic rings. The second-order valence-electron chi connectivity index (χ2n) is 5.96. The fraction of sp³-hybridized carbons (Fsp3) is 0.846. The van der Waals surface area contributed by atoms with Crippen molar-refractivity contribution in [3.05, 3.63) is 0 Å². The molecule has 1 aliphatic carbocycles. The third kappa shape index (κ3) is 3.05. The number of hydrogen-bond acceptors (Lipinski definition) is 5. The molecular formula is C13H20N4O3S. The first-order valence-electron chi connectivity index (χ1n) is 7.42. The number of rotatable bonds is 3. The van der Waals surface area contributed by atoms with Crippen LogP contribution in [0.2, 0.25) is 0 Å². The van der Waals surface area contributed by atoms with Crippen molar-refractivity contribution in [1.29, 1.82) is 5.26 Å². The summed E-state index contributed by atoms with van der Waals surface area (Å²) >= 11 is 0. The van der Waals surface area contributed by atoms with Crippen LogP contribution >= 0.6 is 0 Å². The van der Waals surface area contributed by atoms with Crippen LogP contribution in [0.25, 0.3) is 0 Å². The molecule has 1 atom stereocenters. The Balaban J connectivity index is 1.59. The van der Waals surface area contributed by atoms with Crippen LogP contribution in [-0.2, 0) is 14.8 Å². The zero-order valence-electron chi connectivity index (χ0n) is 11.9. The Bertz CT molecular complexity index is 566. The van der Waals surface area contributed by atoms with Gasteiger partial charge in [0.25, 0.3) is 0 Å². The van der Waals surface area contributed by atoms with Gasteiger partial charge in [0.1, 0.15) is 6.04 Å². The van der Waals surface area contributed by atoms with Gasteiger partial charge in [-0.3, -0.25) is 9.69 Å². The number of carbonyl (C=O) groups excluding carboxylic acids is 1. The van der Waals surface area contributed by atoms with E-state index in [4.69, 9.17) is 0 Å². The Hall–Kier alpha value is -1.17. The number of hydrogen-bond donors (Lipinski definition) is 0. The summed E-state index contributed by atoms with van der Waals surface area (Å²) in [4.78, 5) is 16.1. The summed E-state index contributed by atoms with van der Waals surface area (Å²) in [6.07, 6.45) is 2.86. The van der Waals surface area contributed by atoms with Crippen LogP contribution in [0, 0.1) is 11.3 Å². The molecule has 0 aromatic carbocycles. The molecule has 8 heteroatoms. The van der Waals surface area contributed by atoms with Gasteiger partial charge in [-0.25, -0.2) is 8.42 Å². The van der Waals surface area contributed by atoms with E-state index in [0.29, 0.717) is 38.6 Å². The Labute approximate surface area is 125 Å². The summed E-state index contributed by atoms with van der Waals surface area (Å²) < 4.78 is 24.8. The lowest BCUT2D eigenvalue weighted by Gasteiger charge is -2.38. The number of nitriles is 1. The van der Waals surface area contributed by atoms with E-state index in [0.717, 1.165) is 12.8 Å². The molecule has 0 N–H and O–H groups in total. The highest BCUT2D eigenvalue weighted by atomic mass is 32.2. The maximum Gasteiger partial charge on any atom is 0.238 e. The zero-order chi connectivity index (χ0) is 15.0. The Morgan fingerprint density at radius 1 is 1.24 bits per heavy atom. The summed E-state index contributed by atoms with van der Waals surface area (Å²) in [7, 11) is -3.24. The average Bonchev–Trinajstić information content (AvgIpc) is 3.24. The van der Waals surface area contributed by atoms with Crippen molar-refractivity contribution in [3.63, 3.8) is 0 Å². The molecule has 2 aliphatic heterocycles. The van der Waals surface area contributed by atoms with E-state index in [1.807, 2.05) is 0 Å². The van der Waals surface area contributed by atoms with E-state index in [1.54, 1.807) is 4.90 Å². The van der Waals surface area contributed by atoms with Crippen molar-refractivity contribution in [2.24, 2.45) is 0 Å². The molecule has 0 radical (unpaired) electrons. The van der Waals surface area contributed by atoms with Crippen LogP contribution in [-0.4, -0.2) is 79.0 Å². The van der Waals surface area contributed by atoms with E-state index in [9.17, 15) is 18.5 Å². The molecule has 2 saturated heterocycles. The minimum Gasteiger partial charge on any atom is -0.338 e. The lowest BCUT2D eigenvalue weighted by molar-refractivity contribution is -0.133. The third-order valence-corrected chi connectivity index (χ3v) is 6.36. The van der Waals surface area contributed by atoms with Crippen molar-refractivity contribution in [1.82, 2.24) is 14.1 Å². The monoisotopic (exact) mass is 312 g/mol. The highest BCUT2D eigenvalue weighted by Gasteiger charge is 2.39. The minimum atomic E-state index is -3.24. The molecule has 0 spiro atoms. The minimum absolute atomic E-state index is 0.0795. The van der Waals surface area contributed by atoms with Crippen molar-refractivity contribution < 1.29 is 13.2 Å². The first-order valence-corrected chi connectivity index (χ1v) is 9.03. The molecule has 1 amide bonds. The highest BCUT2D eigenvalue weighted by Crippen LogP contribution is 2.30. The molecule has 1 unspecified atom stereocenters. The average molecular weight is 312 g/mol. The van der Waals surface area contributed by atoms with Gasteiger partial charge >= 0.3 is 0 Å². The first-order chi connectivity index (χ1) is 10.0. The van der Waals surface area contributed by atoms with Crippen LogP contribution < -0.4 is 0 Å². The molecule has 2 heterocycles. The van der Waals surface area contributed by atoms with Gasteiger partial charge in [0, 0.05) is 32.2 Å². The number of nitrogens with zero attached hydrogens (tertiary/aromatic N) is 4. The summed E-state index contributed by atoms with van der Waals surface area (Å²) in [6, 6.07) is 2.52. The van der Waals surface area contributed by atoms with E-state index in [-0.39, 0.29) is 24.2 Å². The van der Waals surface area contributed by atoms with Gasteiger partial charge in [0.15, 0.2) is 0 Å². The van der Waals surface area contributed by atoms with Gasteiger partial charge in [0.05, 0.1) is 18.4 Å². The van der Waals surface area contributed by atoms with Crippen molar-refractivity contribution >= 4 is 15.9 Å². The number of carbonyl (C=O) groups is 1. The normalized spacial score (nSPS) is 30.2. The molecule has 1 saturated carbocycles. The van der Waals surface area contributed by atoms with Crippen molar-refractivity contribution in [2.45, 2.75) is 31.3 Å². The predicted molar refractivity (Wildman–Crippen MR) is 75.7 cm³/mol. The Kier molecular flexibility index (Phi) is 3.90. The highest BCUT2D eigenvalue weighted by molar-refractivity contribution is 7.89. The van der Waals surface area contributed by atoms with Crippen molar-refractivity contribution in [2.75, 3.05) is 38.5 Å². The zero-order valence-corrected chi connectivity index (χ0v) is 12.8. The van der Waals surface area contributed by atoms with Crippen LogP contribution in [0.4, 0.5) is 0 Å². The summed E-state index contributed by atoms with van der Waals surface area (Å²) in [6.45, 7) is 2.03. The van der Waals surface area contributed by atoms with Gasteiger partial charge in [-0.05, 0) is 19.3 Å². The maximum atomic E-state index is 12.3. The number of sulfonamides is 1. The smallest absolute Gasteiger partial charge is 0.238 e. The van der Waals surface area contributed by atoms with Crippen molar-refractivity contribution in [3.8, 4) is 6.07 Å². The summed E-state index contributed by atoms with van der Waals surface area (Å²) in [5, 5.41) is 9.27. The van der Waals surface area contributed by atoms with Crippen LogP contribution in [0.5, 0.6) is 0 Å². The Morgan fingerprint density at radius 2 is 2.00 bits per heavy atom. The molecular weight excluding hydrogens is 292 g/mol. The predicted octanol–water partition coefficient (Wildman–Crippen LogP) is -0.779. The lowest BCUT2D eigenvalue weighted by atomic mass is 10.1. The molecule has 116 valence electrons. The quantitative estimate of drug-likeness (QED) is 0.682. The van der Waals surface area contributed by atoms with E-state index >= 15 is 0 Å². The molecule has 0 aromatic heterocycles. The van der Waals surface area contributed by atoms with E-state index < -0.39 is 10.0 Å². The Morgan fingerprint density at radius 3 is 2.57 bits per heavy atom. The molecule has 0 bridgehead atoms. The fourth-order valence-electron chi connectivity index (χ4n) is 3.10. The molecule has 3 fully saturated rings. The van der Waals surface area contributed by atoms with Crippen LogP contribution in [0.15, 0.2) is 0 Å². The number of amides is 1. The number of piperazine rings is 1. The summed E-state index contributed by atoms with van der Waals surface area (Å²) in [5.74, 6) is -0.0486. The molecule has 21 heavy (non-hydrogen) atoms. The maximum absolute atomic E-state index is 12.3. The van der Waals surface area contributed by atoms with E-state index in [2.05, 4.69) is 11.0 Å².